The van der Waals surface area contributed by atoms with Crippen molar-refractivity contribution in [2.45, 2.75) is 37.7 Å². The molecule has 2 rings (SSSR count). The Morgan fingerprint density at radius 2 is 1.89 bits per heavy atom. The largest absolute Gasteiger partial charge is 0.387 e. The smallest absolute Gasteiger partial charge is 0.178 e. The molecule has 2 atom stereocenters. The highest BCUT2D eigenvalue weighted by Gasteiger charge is 2.60. The maximum atomic E-state index is 10.6. The second-order valence-corrected chi connectivity index (χ2v) is 4.92. The molecule has 0 heterocycles. The second kappa shape index (κ2) is 4.44. The number of nitrogens with zero attached hydrogens (tertiary/aromatic N) is 2. The molecule has 0 bridgehead atoms. The summed E-state index contributed by atoms with van der Waals surface area (Å²) in [6.45, 7) is 1.83. The standard InChI is InChI=1S/C15H16N2O/c1-2-15(18)9-8-13(14(15,10-16)11-17)12-6-4-3-5-7-12/h3-7,13,18H,2,8-9H2,1H3/t13-,15?/m1/s1. The van der Waals surface area contributed by atoms with E-state index in [4.69, 9.17) is 0 Å². The lowest BCUT2D eigenvalue weighted by Gasteiger charge is -2.34. The van der Waals surface area contributed by atoms with Crippen molar-refractivity contribution >= 4 is 0 Å². The van der Waals surface area contributed by atoms with Crippen LogP contribution in [0.25, 0.3) is 0 Å². The molecule has 0 radical (unpaired) electrons. The molecule has 1 aromatic rings. The second-order valence-electron chi connectivity index (χ2n) is 4.92. The Morgan fingerprint density at radius 3 is 2.39 bits per heavy atom. The van der Waals surface area contributed by atoms with E-state index in [9.17, 15) is 15.6 Å². The molecule has 92 valence electrons. The Labute approximate surface area is 107 Å². The van der Waals surface area contributed by atoms with Gasteiger partial charge in [-0.1, -0.05) is 37.3 Å². The molecule has 0 aliphatic heterocycles. The number of hydrogen-bond donors (Lipinski definition) is 1. The van der Waals surface area contributed by atoms with Crippen molar-refractivity contribution in [3.05, 3.63) is 35.9 Å². The minimum atomic E-state index is -1.33. The van der Waals surface area contributed by atoms with Crippen LogP contribution in [-0.4, -0.2) is 10.7 Å². The Morgan fingerprint density at radius 1 is 1.28 bits per heavy atom. The SMILES string of the molecule is CCC1(O)CC[C@H](c2ccccc2)C1(C#N)C#N. The fourth-order valence-electron chi connectivity index (χ4n) is 3.07. The van der Waals surface area contributed by atoms with Gasteiger partial charge >= 0.3 is 0 Å². The fourth-order valence-corrected chi connectivity index (χ4v) is 3.07. The van der Waals surface area contributed by atoms with Gasteiger partial charge in [0.1, 0.15) is 0 Å². The minimum Gasteiger partial charge on any atom is -0.387 e. The van der Waals surface area contributed by atoms with E-state index in [0.717, 1.165) is 5.56 Å². The number of aliphatic hydroxyl groups is 1. The monoisotopic (exact) mass is 240 g/mol. The summed E-state index contributed by atoms with van der Waals surface area (Å²) in [6.07, 6.45) is 1.61. The zero-order chi connectivity index (χ0) is 13.2. The van der Waals surface area contributed by atoms with Crippen LogP contribution in [0.5, 0.6) is 0 Å². The molecule has 1 saturated carbocycles. The van der Waals surface area contributed by atoms with Gasteiger partial charge < -0.3 is 5.11 Å². The molecule has 0 amide bonds. The van der Waals surface area contributed by atoms with Crippen molar-refractivity contribution < 1.29 is 5.11 Å². The minimum absolute atomic E-state index is 0.210. The highest BCUT2D eigenvalue weighted by molar-refractivity contribution is 5.37. The molecule has 3 nitrogen and oxygen atoms in total. The third kappa shape index (κ3) is 1.52. The number of benzene rings is 1. The first-order valence-corrected chi connectivity index (χ1v) is 6.23. The topological polar surface area (TPSA) is 67.8 Å². The molecule has 0 aromatic heterocycles. The van der Waals surface area contributed by atoms with E-state index in [1.54, 1.807) is 0 Å². The maximum absolute atomic E-state index is 10.6. The molecule has 1 aromatic carbocycles. The summed E-state index contributed by atoms with van der Waals surface area (Å²) in [4.78, 5) is 0. The molecule has 1 N–H and O–H groups in total. The Balaban J connectivity index is 2.52. The van der Waals surface area contributed by atoms with Crippen LogP contribution in [0.4, 0.5) is 0 Å². The van der Waals surface area contributed by atoms with Crippen molar-refractivity contribution in [2.24, 2.45) is 5.41 Å². The van der Waals surface area contributed by atoms with Crippen LogP contribution in [0.1, 0.15) is 37.7 Å². The summed E-state index contributed by atoms with van der Waals surface area (Å²) in [6, 6.07) is 13.8. The molecule has 0 spiro atoms. The average Bonchev–Trinajstić information content (AvgIpc) is 2.73. The van der Waals surface area contributed by atoms with E-state index in [-0.39, 0.29) is 5.92 Å². The highest BCUT2D eigenvalue weighted by Crippen LogP contribution is 2.56. The van der Waals surface area contributed by atoms with Gasteiger partial charge in [-0.2, -0.15) is 10.5 Å². The van der Waals surface area contributed by atoms with Crippen molar-refractivity contribution in [3.63, 3.8) is 0 Å². The van der Waals surface area contributed by atoms with Gasteiger partial charge in [-0.25, -0.2) is 0 Å². The van der Waals surface area contributed by atoms with E-state index in [0.29, 0.717) is 19.3 Å². The van der Waals surface area contributed by atoms with Crippen LogP contribution >= 0.6 is 0 Å². The van der Waals surface area contributed by atoms with Crippen LogP contribution in [-0.2, 0) is 0 Å². The van der Waals surface area contributed by atoms with Gasteiger partial charge in [-0.3, -0.25) is 0 Å². The summed E-state index contributed by atoms with van der Waals surface area (Å²) in [7, 11) is 0. The molecule has 0 saturated heterocycles. The molecule has 18 heavy (non-hydrogen) atoms. The lowest BCUT2D eigenvalue weighted by Crippen LogP contribution is -2.44. The first-order valence-electron chi connectivity index (χ1n) is 6.23. The molecule has 1 fully saturated rings. The average molecular weight is 240 g/mol. The third-order valence-corrected chi connectivity index (χ3v) is 4.24. The van der Waals surface area contributed by atoms with Gasteiger partial charge in [0.05, 0.1) is 17.7 Å². The molecular formula is C15H16N2O. The number of rotatable bonds is 2. The Bertz CT molecular complexity index is 498. The van der Waals surface area contributed by atoms with Gasteiger partial charge in [-0.05, 0) is 24.8 Å². The molecule has 1 aliphatic carbocycles. The fraction of sp³-hybridized carbons (Fsp3) is 0.467. The van der Waals surface area contributed by atoms with E-state index in [1.165, 1.54) is 0 Å². The van der Waals surface area contributed by atoms with Gasteiger partial charge in [0.2, 0.25) is 0 Å². The summed E-state index contributed by atoms with van der Waals surface area (Å²) in [5, 5.41) is 29.6. The van der Waals surface area contributed by atoms with E-state index < -0.39 is 11.0 Å². The van der Waals surface area contributed by atoms with Gasteiger partial charge in [0.25, 0.3) is 0 Å². The molecular weight excluding hydrogens is 224 g/mol. The zero-order valence-electron chi connectivity index (χ0n) is 10.4. The lowest BCUT2D eigenvalue weighted by molar-refractivity contribution is -0.0142. The third-order valence-electron chi connectivity index (χ3n) is 4.24. The molecule has 1 unspecified atom stereocenters. The Hall–Kier alpha value is -1.84. The van der Waals surface area contributed by atoms with Crippen molar-refractivity contribution in [1.82, 2.24) is 0 Å². The van der Waals surface area contributed by atoms with Crippen molar-refractivity contribution in [2.75, 3.05) is 0 Å². The van der Waals surface area contributed by atoms with E-state index in [2.05, 4.69) is 12.1 Å². The first kappa shape index (κ1) is 12.6. The summed E-state index contributed by atoms with van der Waals surface area (Å²) < 4.78 is 0. The summed E-state index contributed by atoms with van der Waals surface area (Å²) in [5.41, 5.74) is -1.56. The van der Waals surface area contributed by atoms with Crippen LogP contribution in [0.2, 0.25) is 0 Å². The van der Waals surface area contributed by atoms with Gasteiger partial charge in [0.15, 0.2) is 5.41 Å². The number of hydrogen-bond acceptors (Lipinski definition) is 3. The Kier molecular flexibility index (Phi) is 3.11. The first-order chi connectivity index (χ1) is 8.63. The normalized spacial score (nSPS) is 29.4. The summed E-state index contributed by atoms with van der Waals surface area (Å²) >= 11 is 0. The van der Waals surface area contributed by atoms with E-state index in [1.807, 2.05) is 37.3 Å². The zero-order valence-corrected chi connectivity index (χ0v) is 10.4. The predicted octanol–water partition coefficient (Wildman–Crippen LogP) is 2.74. The van der Waals surface area contributed by atoms with Crippen LogP contribution in [0, 0.1) is 28.1 Å². The lowest BCUT2D eigenvalue weighted by atomic mass is 9.68. The van der Waals surface area contributed by atoms with Gasteiger partial charge in [-0.15, -0.1) is 0 Å². The van der Waals surface area contributed by atoms with Crippen molar-refractivity contribution in [1.29, 1.82) is 10.5 Å². The van der Waals surface area contributed by atoms with Crippen LogP contribution < -0.4 is 0 Å². The quantitative estimate of drug-likeness (QED) is 0.864. The number of nitriles is 2. The summed E-state index contributed by atoms with van der Waals surface area (Å²) in [5.74, 6) is -0.210. The highest BCUT2D eigenvalue weighted by atomic mass is 16.3. The molecule has 1 aliphatic rings. The predicted molar refractivity (Wildman–Crippen MR) is 67.3 cm³/mol. The van der Waals surface area contributed by atoms with Crippen molar-refractivity contribution in [3.8, 4) is 12.1 Å². The van der Waals surface area contributed by atoms with E-state index >= 15 is 0 Å². The molecule has 3 heteroatoms. The van der Waals surface area contributed by atoms with Gasteiger partial charge in [0, 0.05) is 5.92 Å². The van der Waals surface area contributed by atoms with Crippen LogP contribution in [0.3, 0.4) is 0 Å². The maximum Gasteiger partial charge on any atom is 0.178 e. The van der Waals surface area contributed by atoms with Crippen LogP contribution in [0.15, 0.2) is 30.3 Å².